The molecule has 0 aromatic heterocycles. The maximum Gasteiger partial charge on any atom is 0.125 e. The zero-order chi connectivity index (χ0) is 12.7. The lowest BCUT2D eigenvalue weighted by Crippen LogP contribution is -2.07. The van der Waals surface area contributed by atoms with Crippen LogP contribution in [-0.2, 0) is 6.42 Å². The number of halogens is 1. The third kappa shape index (κ3) is 4.68. The van der Waals surface area contributed by atoms with Gasteiger partial charge in [-0.05, 0) is 49.6 Å². The summed E-state index contributed by atoms with van der Waals surface area (Å²) in [5.41, 5.74) is 8.02. The minimum Gasteiger partial charge on any atom is -0.493 e. The van der Waals surface area contributed by atoms with E-state index in [1.165, 1.54) is 24.0 Å². The summed E-state index contributed by atoms with van der Waals surface area (Å²) < 4.78 is 7.00. The minimum absolute atomic E-state index is 0.654. The Morgan fingerprint density at radius 1 is 1.29 bits per heavy atom. The van der Waals surface area contributed by atoms with Crippen molar-refractivity contribution in [2.24, 2.45) is 5.73 Å². The van der Waals surface area contributed by atoms with Crippen molar-refractivity contribution >= 4 is 15.9 Å². The molecule has 1 aromatic carbocycles. The van der Waals surface area contributed by atoms with E-state index in [0.29, 0.717) is 6.54 Å². The number of nitrogens with two attached hydrogens (primary N) is 1. The molecule has 2 nitrogen and oxygen atoms in total. The fourth-order valence-electron chi connectivity index (χ4n) is 1.87. The van der Waals surface area contributed by atoms with Crippen molar-refractivity contribution < 1.29 is 4.74 Å². The van der Waals surface area contributed by atoms with Gasteiger partial charge in [-0.3, -0.25) is 0 Å². The van der Waals surface area contributed by atoms with Gasteiger partial charge in [-0.1, -0.05) is 35.7 Å². The second-order valence-electron chi connectivity index (χ2n) is 4.31. The average molecular weight is 300 g/mol. The summed E-state index contributed by atoms with van der Waals surface area (Å²) in [4.78, 5) is 0. The van der Waals surface area contributed by atoms with E-state index in [-0.39, 0.29) is 0 Å². The maximum absolute atomic E-state index is 5.90. The van der Waals surface area contributed by atoms with Gasteiger partial charge in [-0.2, -0.15) is 0 Å². The van der Waals surface area contributed by atoms with Crippen LogP contribution in [0.2, 0.25) is 0 Å². The van der Waals surface area contributed by atoms with Crippen molar-refractivity contribution in [2.75, 3.05) is 13.2 Å². The van der Waals surface area contributed by atoms with E-state index in [4.69, 9.17) is 10.5 Å². The molecular formula is C14H22BrNO. The van der Waals surface area contributed by atoms with Crippen LogP contribution in [0, 0.1) is 6.92 Å². The molecule has 0 saturated heterocycles. The summed E-state index contributed by atoms with van der Waals surface area (Å²) in [6, 6.07) is 4.20. The SMILES string of the molecule is CCCCCOc1c(C)cc(Br)cc1CCN. The highest BCUT2D eigenvalue weighted by Gasteiger charge is 2.08. The first-order chi connectivity index (χ1) is 8.19. The van der Waals surface area contributed by atoms with Crippen molar-refractivity contribution in [3.8, 4) is 5.75 Å². The van der Waals surface area contributed by atoms with Crippen molar-refractivity contribution in [3.05, 3.63) is 27.7 Å². The minimum atomic E-state index is 0.654. The van der Waals surface area contributed by atoms with Crippen LogP contribution >= 0.6 is 15.9 Å². The maximum atomic E-state index is 5.90. The molecule has 3 heteroatoms. The number of aryl methyl sites for hydroxylation is 1. The molecule has 0 aliphatic carbocycles. The van der Waals surface area contributed by atoms with Crippen LogP contribution in [0.15, 0.2) is 16.6 Å². The fourth-order valence-corrected chi connectivity index (χ4v) is 2.49. The Balaban J connectivity index is 2.73. The molecule has 0 fully saturated rings. The van der Waals surface area contributed by atoms with Crippen LogP contribution in [0.5, 0.6) is 5.75 Å². The van der Waals surface area contributed by atoms with Crippen molar-refractivity contribution in [2.45, 2.75) is 39.5 Å². The van der Waals surface area contributed by atoms with E-state index in [1.54, 1.807) is 0 Å². The summed E-state index contributed by atoms with van der Waals surface area (Å²) in [5, 5.41) is 0. The molecule has 1 rings (SSSR count). The number of hydrogen-bond acceptors (Lipinski definition) is 2. The van der Waals surface area contributed by atoms with Crippen LogP contribution in [0.3, 0.4) is 0 Å². The Kier molecular flexibility index (Phi) is 6.60. The molecular weight excluding hydrogens is 278 g/mol. The quantitative estimate of drug-likeness (QED) is 0.777. The lowest BCUT2D eigenvalue weighted by atomic mass is 10.1. The molecule has 96 valence electrons. The average Bonchev–Trinajstić information content (AvgIpc) is 2.27. The Morgan fingerprint density at radius 2 is 2.06 bits per heavy atom. The lowest BCUT2D eigenvalue weighted by Gasteiger charge is -2.14. The summed E-state index contributed by atoms with van der Waals surface area (Å²) in [5.74, 6) is 1.02. The Hall–Kier alpha value is -0.540. The Labute approximate surface area is 113 Å². The lowest BCUT2D eigenvalue weighted by molar-refractivity contribution is 0.301. The third-order valence-corrected chi connectivity index (χ3v) is 3.18. The monoisotopic (exact) mass is 299 g/mol. The van der Waals surface area contributed by atoms with Crippen molar-refractivity contribution in [1.82, 2.24) is 0 Å². The first-order valence-electron chi connectivity index (χ1n) is 6.31. The summed E-state index contributed by atoms with van der Waals surface area (Å²) in [7, 11) is 0. The highest BCUT2D eigenvalue weighted by molar-refractivity contribution is 9.10. The van der Waals surface area contributed by atoms with Crippen LogP contribution in [0.25, 0.3) is 0 Å². The second kappa shape index (κ2) is 7.72. The van der Waals surface area contributed by atoms with E-state index in [9.17, 15) is 0 Å². The molecule has 1 aromatic rings. The van der Waals surface area contributed by atoms with E-state index in [2.05, 4.69) is 41.9 Å². The van der Waals surface area contributed by atoms with Gasteiger partial charge in [0, 0.05) is 4.47 Å². The molecule has 0 bridgehead atoms. The van der Waals surface area contributed by atoms with Gasteiger partial charge >= 0.3 is 0 Å². The predicted octanol–water partition coefficient (Wildman–Crippen LogP) is 3.83. The molecule has 0 aliphatic rings. The van der Waals surface area contributed by atoms with Gasteiger partial charge in [0.15, 0.2) is 0 Å². The molecule has 0 spiro atoms. The van der Waals surface area contributed by atoms with E-state index >= 15 is 0 Å². The number of hydrogen-bond donors (Lipinski definition) is 1. The normalized spacial score (nSPS) is 10.6. The first-order valence-corrected chi connectivity index (χ1v) is 7.10. The zero-order valence-corrected chi connectivity index (χ0v) is 12.3. The topological polar surface area (TPSA) is 35.2 Å². The number of benzene rings is 1. The molecule has 2 N–H and O–H groups in total. The second-order valence-corrected chi connectivity index (χ2v) is 5.22. The summed E-state index contributed by atoms with van der Waals surface area (Å²) in [6.07, 6.45) is 4.43. The van der Waals surface area contributed by atoms with Gasteiger partial charge in [0.25, 0.3) is 0 Å². The van der Waals surface area contributed by atoms with E-state index in [1.807, 2.05) is 0 Å². The molecule has 0 aliphatic heterocycles. The summed E-state index contributed by atoms with van der Waals surface area (Å²) >= 11 is 3.51. The Morgan fingerprint density at radius 3 is 2.71 bits per heavy atom. The van der Waals surface area contributed by atoms with Gasteiger partial charge in [-0.25, -0.2) is 0 Å². The van der Waals surface area contributed by atoms with E-state index < -0.39 is 0 Å². The van der Waals surface area contributed by atoms with E-state index in [0.717, 1.165) is 29.7 Å². The smallest absolute Gasteiger partial charge is 0.125 e. The van der Waals surface area contributed by atoms with Gasteiger partial charge < -0.3 is 10.5 Å². The highest BCUT2D eigenvalue weighted by atomic mass is 79.9. The van der Waals surface area contributed by atoms with Crippen molar-refractivity contribution in [1.29, 1.82) is 0 Å². The third-order valence-electron chi connectivity index (χ3n) is 2.72. The van der Waals surface area contributed by atoms with Gasteiger partial charge in [0.2, 0.25) is 0 Å². The molecule has 17 heavy (non-hydrogen) atoms. The first kappa shape index (κ1) is 14.5. The number of ether oxygens (including phenoxy) is 1. The van der Waals surface area contributed by atoms with Crippen LogP contribution < -0.4 is 10.5 Å². The van der Waals surface area contributed by atoms with Crippen LogP contribution in [0.4, 0.5) is 0 Å². The number of unbranched alkanes of at least 4 members (excludes halogenated alkanes) is 2. The van der Waals surface area contributed by atoms with Gasteiger partial charge in [0.05, 0.1) is 6.61 Å². The van der Waals surface area contributed by atoms with Crippen LogP contribution in [0.1, 0.15) is 37.3 Å². The highest BCUT2D eigenvalue weighted by Crippen LogP contribution is 2.28. The van der Waals surface area contributed by atoms with Gasteiger partial charge in [-0.15, -0.1) is 0 Å². The van der Waals surface area contributed by atoms with Crippen LogP contribution in [-0.4, -0.2) is 13.2 Å². The molecule has 0 saturated carbocycles. The predicted molar refractivity (Wildman–Crippen MR) is 76.7 cm³/mol. The van der Waals surface area contributed by atoms with Gasteiger partial charge in [0.1, 0.15) is 5.75 Å². The Bertz CT molecular complexity index is 352. The molecule has 0 unspecified atom stereocenters. The molecule has 0 amide bonds. The summed E-state index contributed by atoms with van der Waals surface area (Å²) in [6.45, 7) is 5.74. The number of rotatable bonds is 7. The standard InChI is InChI=1S/C14H22BrNO/c1-3-4-5-8-17-14-11(2)9-13(15)10-12(14)6-7-16/h9-10H,3-8,16H2,1-2H3. The molecule has 0 heterocycles. The van der Waals surface area contributed by atoms with Crippen molar-refractivity contribution in [3.63, 3.8) is 0 Å². The molecule has 0 atom stereocenters. The largest absolute Gasteiger partial charge is 0.493 e. The zero-order valence-electron chi connectivity index (χ0n) is 10.8. The fraction of sp³-hybridized carbons (Fsp3) is 0.571. The molecule has 0 radical (unpaired) electrons.